The van der Waals surface area contributed by atoms with E-state index in [1.54, 1.807) is 6.08 Å². The van der Waals surface area contributed by atoms with Gasteiger partial charge in [-0.3, -0.25) is 4.79 Å². The largest absolute Gasteiger partial charge is 0.371 e. The predicted molar refractivity (Wildman–Crippen MR) is 128 cm³/mol. The van der Waals surface area contributed by atoms with Crippen LogP contribution in [0.2, 0.25) is 0 Å². The summed E-state index contributed by atoms with van der Waals surface area (Å²) in [4.78, 5) is 24.5. The summed E-state index contributed by atoms with van der Waals surface area (Å²) in [6.07, 6.45) is 2.85. The van der Waals surface area contributed by atoms with Crippen molar-refractivity contribution in [3.63, 3.8) is 0 Å². The number of halogens is 1. The average Bonchev–Trinajstić information content (AvgIpc) is 3.03. The molecule has 1 saturated heterocycles. The molecule has 156 valence electrons. The Morgan fingerprint density at radius 3 is 2.37 bits per heavy atom. The number of alkyl halides is 1. The molecule has 1 fully saturated rings. The first-order chi connectivity index (χ1) is 14.6. The molecule has 2 aromatic rings. The van der Waals surface area contributed by atoms with E-state index in [4.69, 9.17) is 28.8 Å². The monoisotopic (exact) mass is 460 g/mol. The molecule has 0 N–H and O–H groups in total. The molecular formula is C22H21ClN2O3S2. The highest BCUT2D eigenvalue weighted by molar-refractivity contribution is 8.26. The van der Waals surface area contributed by atoms with E-state index in [-0.39, 0.29) is 10.2 Å². The zero-order chi connectivity index (χ0) is 21.5. The first-order valence-corrected chi connectivity index (χ1v) is 11.1. The van der Waals surface area contributed by atoms with Gasteiger partial charge in [-0.15, -0.1) is 16.7 Å². The fourth-order valence-corrected chi connectivity index (χ4v) is 4.29. The molecule has 8 heteroatoms. The zero-order valence-electron chi connectivity index (χ0n) is 16.4. The Morgan fingerprint density at radius 2 is 1.80 bits per heavy atom. The maximum Gasteiger partial charge on any atom is 0.293 e. The number of nitrogens with zero attached hydrogens (tertiary/aromatic N) is 2. The molecule has 30 heavy (non-hydrogen) atoms. The van der Waals surface area contributed by atoms with Crippen molar-refractivity contribution in [3.05, 3.63) is 71.8 Å². The minimum atomic E-state index is -0.371. The second-order valence-electron chi connectivity index (χ2n) is 6.25. The van der Waals surface area contributed by atoms with Gasteiger partial charge in [-0.05, 0) is 54.0 Å². The lowest BCUT2D eigenvalue weighted by atomic mass is 10.0. The summed E-state index contributed by atoms with van der Waals surface area (Å²) in [6, 6.07) is 16.4. The van der Waals surface area contributed by atoms with Gasteiger partial charge in [0.1, 0.15) is 6.26 Å². The Balaban J connectivity index is 1.72. The van der Waals surface area contributed by atoms with Crippen LogP contribution in [0.1, 0.15) is 12.5 Å². The maximum absolute atomic E-state index is 12.4. The van der Waals surface area contributed by atoms with Crippen molar-refractivity contribution in [2.24, 2.45) is 0 Å². The first kappa shape index (κ1) is 22.4. The van der Waals surface area contributed by atoms with Crippen LogP contribution in [0, 0.1) is 0 Å². The number of thioether (sulfide) groups is 1. The topological polar surface area (TPSA) is 42.0 Å². The minimum Gasteiger partial charge on any atom is -0.371 e. The molecule has 0 spiro atoms. The van der Waals surface area contributed by atoms with Crippen molar-refractivity contribution in [2.75, 3.05) is 23.9 Å². The number of carbonyl (C=O) groups is 1. The Morgan fingerprint density at radius 1 is 1.17 bits per heavy atom. The van der Waals surface area contributed by atoms with E-state index in [9.17, 15) is 4.79 Å². The quantitative estimate of drug-likeness (QED) is 0.121. The van der Waals surface area contributed by atoms with E-state index < -0.39 is 0 Å². The minimum absolute atomic E-state index is 0.264. The third kappa shape index (κ3) is 5.23. The Kier molecular flexibility index (Phi) is 7.93. The number of thiocarbonyl (C=S) groups is 1. The summed E-state index contributed by atoms with van der Waals surface area (Å²) >= 11 is 12.2. The second kappa shape index (κ2) is 10.6. The van der Waals surface area contributed by atoms with Gasteiger partial charge in [0.2, 0.25) is 0 Å². The molecule has 2 aromatic carbocycles. The molecule has 0 aliphatic carbocycles. The standard InChI is InChI=1S/C22H21ClN2O3S2/c1-3-24(14-13-23)19-11-9-18(10-12-19)17-7-5-16(6-8-17)15-20-21(26)25(22(29)30-20)28-27-4-2/h4-12,15H,2-3,13-14H2,1H3/b20-15+. The van der Waals surface area contributed by atoms with Crippen LogP contribution in [0.25, 0.3) is 17.2 Å². The number of anilines is 1. The SMILES string of the molecule is C=COON1C(=O)/C(=C\c2ccc(-c3ccc(N(CC)CCCl)cc3)cc2)SC1=S. The summed E-state index contributed by atoms with van der Waals surface area (Å²) in [5.41, 5.74) is 4.26. The maximum atomic E-state index is 12.4. The number of hydrogen-bond donors (Lipinski definition) is 0. The van der Waals surface area contributed by atoms with Gasteiger partial charge < -0.3 is 9.79 Å². The lowest BCUT2D eigenvalue weighted by molar-refractivity contribution is -0.350. The molecule has 3 rings (SSSR count). The van der Waals surface area contributed by atoms with Crippen molar-refractivity contribution in [1.82, 2.24) is 5.06 Å². The van der Waals surface area contributed by atoms with Gasteiger partial charge in [0.05, 0.1) is 4.91 Å². The van der Waals surface area contributed by atoms with Crippen LogP contribution in [0.4, 0.5) is 5.69 Å². The van der Waals surface area contributed by atoms with Gasteiger partial charge in [0.15, 0.2) is 4.32 Å². The number of carbonyl (C=O) groups excluding carboxylic acids is 1. The average molecular weight is 461 g/mol. The van der Waals surface area contributed by atoms with Gasteiger partial charge in [0.25, 0.3) is 5.91 Å². The van der Waals surface area contributed by atoms with E-state index in [0.717, 1.165) is 58.6 Å². The normalized spacial score (nSPS) is 15.0. The molecule has 0 unspecified atom stereocenters. The Labute approximate surface area is 190 Å². The van der Waals surface area contributed by atoms with E-state index in [0.29, 0.717) is 10.8 Å². The molecule has 1 heterocycles. The summed E-state index contributed by atoms with van der Waals surface area (Å²) < 4.78 is 0.264. The number of benzene rings is 2. The van der Waals surface area contributed by atoms with Crippen LogP contribution in [0.5, 0.6) is 0 Å². The van der Waals surface area contributed by atoms with E-state index in [1.165, 1.54) is 0 Å². The molecule has 5 nitrogen and oxygen atoms in total. The molecule has 0 bridgehead atoms. The third-order valence-corrected chi connectivity index (χ3v) is 5.89. The lowest BCUT2D eigenvalue weighted by Gasteiger charge is -2.22. The van der Waals surface area contributed by atoms with E-state index >= 15 is 0 Å². The van der Waals surface area contributed by atoms with Crippen molar-refractivity contribution >= 4 is 57.6 Å². The molecule has 0 aromatic heterocycles. The Bertz CT molecular complexity index is 946. The smallest absolute Gasteiger partial charge is 0.293 e. The van der Waals surface area contributed by atoms with Crippen LogP contribution in [-0.4, -0.2) is 34.3 Å². The highest BCUT2D eigenvalue weighted by Gasteiger charge is 2.34. The number of rotatable bonds is 9. The summed E-state index contributed by atoms with van der Waals surface area (Å²) in [7, 11) is 0. The van der Waals surface area contributed by atoms with Crippen LogP contribution >= 0.6 is 35.6 Å². The third-order valence-electron chi connectivity index (χ3n) is 4.45. The summed E-state index contributed by atoms with van der Waals surface area (Å²) in [5.74, 6) is 0.229. The molecule has 0 saturated carbocycles. The van der Waals surface area contributed by atoms with Gasteiger partial charge in [0, 0.05) is 24.7 Å². The fourth-order valence-electron chi connectivity index (χ4n) is 2.95. The second-order valence-corrected chi connectivity index (χ2v) is 8.30. The Hall–Kier alpha value is -2.32. The van der Waals surface area contributed by atoms with Crippen LogP contribution in [0.3, 0.4) is 0 Å². The molecular weight excluding hydrogens is 440 g/mol. The van der Waals surface area contributed by atoms with Crippen LogP contribution in [-0.2, 0) is 14.7 Å². The van der Waals surface area contributed by atoms with Crippen LogP contribution < -0.4 is 4.90 Å². The highest BCUT2D eigenvalue weighted by Crippen LogP contribution is 2.33. The number of hydroxylamine groups is 2. The van der Waals surface area contributed by atoms with Gasteiger partial charge in [-0.2, -0.15) is 0 Å². The lowest BCUT2D eigenvalue weighted by Crippen LogP contribution is -2.27. The van der Waals surface area contributed by atoms with Crippen molar-refractivity contribution < 1.29 is 14.7 Å². The van der Waals surface area contributed by atoms with E-state index in [2.05, 4.69) is 47.6 Å². The molecule has 0 atom stereocenters. The van der Waals surface area contributed by atoms with Crippen LogP contribution in [0.15, 0.2) is 66.3 Å². The first-order valence-electron chi connectivity index (χ1n) is 9.31. The van der Waals surface area contributed by atoms with Crippen molar-refractivity contribution in [2.45, 2.75) is 6.92 Å². The summed E-state index contributed by atoms with van der Waals surface area (Å²) in [5, 5.41) is 0.924. The highest BCUT2D eigenvalue weighted by atomic mass is 35.5. The predicted octanol–water partition coefficient (Wildman–Crippen LogP) is 5.63. The zero-order valence-corrected chi connectivity index (χ0v) is 18.8. The number of amides is 1. The van der Waals surface area contributed by atoms with Crippen molar-refractivity contribution in [3.8, 4) is 11.1 Å². The molecule has 1 amide bonds. The fraction of sp³-hybridized carbons (Fsp3) is 0.182. The van der Waals surface area contributed by atoms with Crippen molar-refractivity contribution in [1.29, 1.82) is 0 Å². The molecule has 1 aliphatic rings. The van der Waals surface area contributed by atoms with Gasteiger partial charge >= 0.3 is 0 Å². The molecule has 0 radical (unpaired) electrons. The van der Waals surface area contributed by atoms with Gasteiger partial charge in [-0.1, -0.05) is 59.7 Å². The molecule has 1 aliphatic heterocycles. The van der Waals surface area contributed by atoms with Gasteiger partial charge in [-0.25, -0.2) is 0 Å². The van der Waals surface area contributed by atoms with E-state index in [1.807, 2.05) is 24.3 Å². The number of hydrogen-bond acceptors (Lipinski definition) is 6. The summed E-state index contributed by atoms with van der Waals surface area (Å²) in [6.45, 7) is 7.21.